The Kier molecular flexibility index (Phi) is 8.13. The first-order valence-electron chi connectivity index (χ1n) is 8.46. The average Bonchev–Trinajstić information content (AvgIpc) is 2.53. The number of pyridine rings is 1. The zero-order chi connectivity index (χ0) is 17.3. The summed E-state index contributed by atoms with van der Waals surface area (Å²) in [5.41, 5.74) is 1.34. The summed E-state index contributed by atoms with van der Waals surface area (Å²) in [5, 5.41) is 0. The molecule has 23 heavy (non-hydrogen) atoms. The third kappa shape index (κ3) is 6.24. The number of allylic oxidation sites excluding steroid dienone is 1. The van der Waals surface area contributed by atoms with E-state index < -0.39 is 0 Å². The Labute approximate surface area is 140 Å². The maximum Gasteiger partial charge on any atom is 0.235 e. The molecule has 0 atom stereocenters. The summed E-state index contributed by atoms with van der Waals surface area (Å²) < 4.78 is 6.32. The fraction of sp³-hybridized carbons (Fsp3) is 0.579. The highest BCUT2D eigenvalue weighted by atomic mass is 16.5. The van der Waals surface area contributed by atoms with Crippen molar-refractivity contribution < 1.29 is 9.53 Å². The number of aromatic nitrogens is 1. The quantitative estimate of drug-likeness (QED) is 0.353. The topological polar surface area (TPSA) is 39.2 Å². The lowest BCUT2D eigenvalue weighted by atomic mass is 10.0. The highest BCUT2D eigenvalue weighted by Crippen LogP contribution is 2.27. The normalized spacial score (nSPS) is 11.5. The van der Waals surface area contributed by atoms with Gasteiger partial charge in [-0.25, -0.2) is 4.98 Å². The molecule has 0 unspecified atom stereocenters. The number of rotatable bonds is 11. The molecule has 0 bridgehead atoms. The number of hydrogen-bond donors (Lipinski definition) is 0. The molecule has 0 spiro atoms. The standard InChI is InChI=1S/C19H31N2O2/c1-6-7-8-9-14-23-15-13-21(4,5)19-18(11-10-12-20-19)16(2)17(3)22/h10-12H,2,6-9,13-15H2,1,3-5H3/q+1. The van der Waals surface area contributed by atoms with Gasteiger partial charge in [0.25, 0.3) is 0 Å². The summed E-state index contributed by atoms with van der Waals surface area (Å²) in [6.45, 7) is 9.96. The number of nitrogens with zero attached hydrogens (tertiary/aromatic N) is 2. The molecule has 4 heteroatoms. The molecular weight excluding hydrogens is 288 g/mol. The van der Waals surface area contributed by atoms with E-state index in [1.165, 1.54) is 19.3 Å². The molecule has 0 radical (unpaired) electrons. The van der Waals surface area contributed by atoms with E-state index in [0.717, 1.165) is 31.0 Å². The second kappa shape index (κ2) is 9.58. The number of hydrogen-bond acceptors (Lipinski definition) is 3. The highest BCUT2D eigenvalue weighted by molar-refractivity contribution is 6.19. The van der Waals surface area contributed by atoms with Gasteiger partial charge in [0.05, 0.1) is 26.3 Å². The Morgan fingerprint density at radius 3 is 2.65 bits per heavy atom. The molecule has 0 amide bonds. The van der Waals surface area contributed by atoms with Crippen molar-refractivity contribution in [3.63, 3.8) is 0 Å². The molecule has 0 saturated heterocycles. The van der Waals surface area contributed by atoms with Crippen molar-refractivity contribution in [1.29, 1.82) is 0 Å². The van der Waals surface area contributed by atoms with Gasteiger partial charge < -0.3 is 4.74 Å². The van der Waals surface area contributed by atoms with Crippen LogP contribution >= 0.6 is 0 Å². The van der Waals surface area contributed by atoms with Crippen LogP contribution in [0.3, 0.4) is 0 Å². The Morgan fingerprint density at radius 2 is 2.00 bits per heavy atom. The predicted octanol–water partition coefficient (Wildman–Crippen LogP) is 3.85. The van der Waals surface area contributed by atoms with Crippen molar-refractivity contribution in [1.82, 2.24) is 9.47 Å². The summed E-state index contributed by atoms with van der Waals surface area (Å²) in [6.07, 6.45) is 6.63. The van der Waals surface area contributed by atoms with E-state index in [1.54, 1.807) is 13.1 Å². The fourth-order valence-corrected chi connectivity index (χ4v) is 2.44. The predicted molar refractivity (Wildman–Crippen MR) is 97.4 cm³/mol. The third-order valence-electron chi connectivity index (χ3n) is 4.05. The molecule has 0 aliphatic heterocycles. The molecule has 0 saturated carbocycles. The van der Waals surface area contributed by atoms with Gasteiger partial charge in [0, 0.05) is 18.4 Å². The maximum atomic E-state index is 11.6. The average molecular weight is 319 g/mol. The van der Waals surface area contributed by atoms with Gasteiger partial charge in [-0.3, -0.25) is 9.28 Å². The van der Waals surface area contributed by atoms with Crippen LogP contribution in [0.25, 0.3) is 5.57 Å². The van der Waals surface area contributed by atoms with E-state index in [2.05, 4.69) is 32.6 Å². The van der Waals surface area contributed by atoms with Crippen molar-refractivity contribution in [2.45, 2.75) is 39.5 Å². The van der Waals surface area contributed by atoms with Gasteiger partial charge in [0.15, 0.2) is 5.78 Å². The molecule has 0 fully saturated rings. The van der Waals surface area contributed by atoms with Crippen LogP contribution in [0.2, 0.25) is 0 Å². The molecule has 0 aliphatic rings. The molecule has 128 valence electrons. The summed E-state index contributed by atoms with van der Waals surface area (Å²) in [6, 6.07) is 3.76. The van der Waals surface area contributed by atoms with Gasteiger partial charge in [0.2, 0.25) is 5.82 Å². The SMILES string of the molecule is C=C(C(C)=O)c1cccnc1[N+](C)(C)CCOCCCCCC. The molecule has 1 aromatic rings. The van der Waals surface area contributed by atoms with Crippen molar-refractivity contribution >= 4 is 17.2 Å². The maximum absolute atomic E-state index is 11.6. The van der Waals surface area contributed by atoms with Crippen LogP contribution in [0.15, 0.2) is 24.9 Å². The van der Waals surface area contributed by atoms with Crippen LogP contribution in [-0.4, -0.2) is 44.6 Å². The van der Waals surface area contributed by atoms with Gasteiger partial charge in [-0.2, -0.15) is 0 Å². The van der Waals surface area contributed by atoms with Crippen LogP contribution < -0.4 is 4.48 Å². The van der Waals surface area contributed by atoms with Crippen molar-refractivity contribution in [3.05, 3.63) is 30.5 Å². The lowest BCUT2D eigenvalue weighted by Gasteiger charge is -2.29. The molecular formula is C19H31N2O2+. The van der Waals surface area contributed by atoms with Gasteiger partial charge in [-0.15, -0.1) is 0 Å². The number of ether oxygens (including phenoxy) is 1. The molecule has 0 aromatic carbocycles. The number of likely N-dealkylation sites (N-methyl/N-ethyl adjacent to an activating group) is 1. The summed E-state index contributed by atoms with van der Waals surface area (Å²) >= 11 is 0. The monoisotopic (exact) mass is 319 g/mol. The van der Waals surface area contributed by atoms with E-state index in [4.69, 9.17) is 4.74 Å². The van der Waals surface area contributed by atoms with Crippen LogP contribution in [0.1, 0.15) is 45.1 Å². The molecule has 1 heterocycles. The number of ketones is 1. The highest BCUT2D eigenvalue weighted by Gasteiger charge is 2.26. The van der Waals surface area contributed by atoms with Crippen molar-refractivity contribution in [2.75, 3.05) is 33.9 Å². The van der Waals surface area contributed by atoms with Gasteiger partial charge in [-0.05, 0) is 25.5 Å². The Hall–Kier alpha value is -1.52. The van der Waals surface area contributed by atoms with Crippen molar-refractivity contribution in [2.24, 2.45) is 0 Å². The minimum Gasteiger partial charge on any atom is -0.376 e. The first-order chi connectivity index (χ1) is 10.9. The van der Waals surface area contributed by atoms with E-state index in [0.29, 0.717) is 16.7 Å². The lowest BCUT2D eigenvalue weighted by Crippen LogP contribution is -2.44. The number of unbranched alkanes of at least 4 members (excludes halogenated alkanes) is 3. The molecule has 0 aliphatic carbocycles. The van der Waals surface area contributed by atoms with E-state index >= 15 is 0 Å². The molecule has 0 N–H and O–H groups in total. The molecule has 4 nitrogen and oxygen atoms in total. The smallest absolute Gasteiger partial charge is 0.235 e. The lowest BCUT2D eigenvalue weighted by molar-refractivity contribution is -0.111. The van der Waals surface area contributed by atoms with E-state index in [-0.39, 0.29) is 5.78 Å². The minimum absolute atomic E-state index is 0.0218. The Balaban J connectivity index is 2.62. The second-order valence-electron chi connectivity index (χ2n) is 6.49. The number of quaternary nitrogens is 1. The van der Waals surface area contributed by atoms with Crippen LogP contribution in [0.5, 0.6) is 0 Å². The van der Waals surface area contributed by atoms with E-state index in [9.17, 15) is 4.79 Å². The Morgan fingerprint density at radius 1 is 1.26 bits per heavy atom. The van der Waals surface area contributed by atoms with E-state index in [1.807, 2.05) is 12.1 Å². The summed E-state index contributed by atoms with van der Waals surface area (Å²) in [5.74, 6) is 0.841. The second-order valence-corrected chi connectivity index (χ2v) is 6.49. The van der Waals surface area contributed by atoms with Gasteiger partial charge in [-0.1, -0.05) is 32.8 Å². The molecule has 1 rings (SSSR count). The van der Waals surface area contributed by atoms with Gasteiger partial charge in [0.1, 0.15) is 6.54 Å². The zero-order valence-corrected chi connectivity index (χ0v) is 15.1. The number of carbonyl (C=O) groups excluding carboxylic acids is 1. The zero-order valence-electron chi connectivity index (χ0n) is 15.1. The first kappa shape index (κ1) is 19.5. The minimum atomic E-state index is -0.0218. The molecule has 1 aromatic heterocycles. The largest absolute Gasteiger partial charge is 0.376 e. The Bertz CT molecular complexity index is 524. The number of Topliss-reactive ketones (excluding diaryl/α,β-unsaturated/α-hetero) is 1. The van der Waals surface area contributed by atoms with Crippen molar-refractivity contribution in [3.8, 4) is 0 Å². The van der Waals surface area contributed by atoms with Crippen LogP contribution in [-0.2, 0) is 9.53 Å². The third-order valence-corrected chi connectivity index (χ3v) is 4.05. The van der Waals surface area contributed by atoms with Crippen LogP contribution in [0.4, 0.5) is 5.82 Å². The first-order valence-corrected chi connectivity index (χ1v) is 8.46. The summed E-state index contributed by atoms with van der Waals surface area (Å²) in [4.78, 5) is 16.1. The van der Waals surface area contributed by atoms with Gasteiger partial charge >= 0.3 is 0 Å². The number of carbonyl (C=O) groups is 1. The van der Waals surface area contributed by atoms with Crippen LogP contribution in [0, 0.1) is 0 Å². The summed E-state index contributed by atoms with van der Waals surface area (Å²) in [7, 11) is 4.17. The fourth-order valence-electron chi connectivity index (χ4n) is 2.44.